The van der Waals surface area contributed by atoms with Gasteiger partial charge >= 0.3 is 0 Å². The minimum atomic E-state index is -0.457. The molecule has 0 atom stereocenters. The van der Waals surface area contributed by atoms with Gasteiger partial charge in [-0.15, -0.1) is 0 Å². The number of hydrogen-bond acceptors (Lipinski definition) is 3. The number of primary amides is 1. The monoisotopic (exact) mass is 368 g/mol. The van der Waals surface area contributed by atoms with E-state index < -0.39 is 5.91 Å². The number of rotatable bonds is 2. The average molecular weight is 368 g/mol. The van der Waals surface area contributed by atoms with Gasteiger partial charge in [-0.05, 0) is 59.9 Å². The second-order valence-corrected chi connectivity index (χ2v) is 5.89. The lowest BCUT2D eigenvalue weighted by Crippen LogP contribution is -2.19. The highest BCUT2D eigenvalue weighted by molar-refractivity contribution is 14.1. The van der Waals surface area contributed by atoms with Crippen LogP contribution in [0, 0.1) is 3.57 Å². The highest BCUT2D eigenvalue weighted by Crippen LogP contribution is 2.24. The van der Waals surface area contributed by atoms with Gasteiger partial charge in [0.2, 0.25) is 0 Å². The summed E-state index contributed by atoms with van der Waals surface area (Å²) in [6.45, 7) is 0. The van der Waals surface area contributed by atoms with Crippen LogP contribution in [-0.2, 0) is 12.8 Å². The lowest BCUT2D eigenvalue weighted by atomic mass is 9.94. The molecule has 2 aromatic heterocycles. The maximum atomic E-state index is 11.6. The van der Waals surface area contributed by atoms with E-state index in [-0.39, 0.29) is 0 Å². The number of carbonyl (C=O) groups is 1. The van der Waals surface area contributed by atoms with E-state index in [9.17, 15) is 4.79 Å². The Balaban J connectivity index is 2.18. The van der Waals surface area contributed by atoms with Crippen LogP contribution in [0.2, 0.25) is 0 Å². The van der Waals surface area contributed by atoms with Crippen molar-refractivity contribution in [3.63, 3.8) is 0 Å². The third-order valence-electron chi connectivity index (χ3n) is 3.31. The minimum Gasteiger partial charge on any atom is -0.365 e. The van der Waals surface area contributed by atoms with Gasteiger partial charge in [-0.2, -0.15) is 5.10 Å². The first kappa shape index (κ1) is 12.6. The Hall–Kier alpha value is -1.44. The van der Waals surface area contributed by atoms with Crippen LogP contribution in [0.1, 0.15) is 34.5 Å². The molecule has 1 amide bonds. The number of carbonyl (C=O) groups excluding carboxylic acids is 1. The Morgan fingerprint density at radius 2 is 2.16 bits per heavy atom. The molecular formula is C13H13IN4O. The smallest absolute Gasteiger partial charge is 0.252 e. The molecule has 0 aliphatic heterocycles. The zero-order valence-corrected chi connectivity index (χ0v) is 12.4. The quantitative estimate of drug-likeness (QED) is 0.823. The van der Waals surface area contributed by atoms with Crippen molar-refractivity contribution >= 4 is 28.5 Å². The standard InChI is InChI=1S/C13H13IN4O/c14-9-6-16-18(7-9)13-10(12(15)19)5-8-3-1-2-4-11(8)17-13/h5-7H,1-4H2,(H2,15,19). The topological polar surface area (TPSA) is 73.8 Å². The van der Waals surface area contributed by atoms with Crippen LogP contribution >= 0.6 is 22.6 Å². The predicted octanol–water partition coefficient (Wildman–Crippen LogP) is 1.85. The third kappa shape index (κ3) is 2.36. The first-order valence-electron chi connectivity index (χ1n) is 6.18. The van der Waals surface area contributed by atoms with Crippen LogP contribution in [-0.4, -0.2) is 20.7 Å². The van der Waals surface area contributed by atoms with Gasteiger partial charge in [-0.3, -0.25) is 4.79 Å². The summed E-state index contributed by atoms with van der Waals surface area (Å²) in [6.07, 6.45) is 7.79. The maximum Gasteiger partial charge on any atom is 0.252 e. The summed E-state index contributed by atoms with van der Waals surface area (Å²) in [7, 11) is 0. The summed E-state index contributed by atoms with van der Waals surface area (Å²) in [6, 6.07) is 1.88. The fraction of sp³-hybridized carbons (Fsp3) is 0.308. The molecule has 0 aromatic carbocycles. The van der Waals surface area contributed by atoms with Crippen molar-refractivity contribution in [3.05, 3.63) is 38.9 Å². The summed E-state index contributed by atoms with van der Waals surface area (Å²) < 4.78 is 2.61. The SMILES string of the molecule is NC(=O)c1cc2c(nc1-n1cc(I)cn1)CCCC2. The van der Waals surface area contributed by atoms with Gasteiger partial charge in [-0.1, -0.05) is 0 Å². The number of pyridine rings is 1. The second-order valence-electron chi connectivity index (χ2n) is 4.64. The summed E-state index contributed by atoms with van der Waals surface area (Å²) >= 11 is 2.17. The lowest BCUT2D eigenvalue weighted by Gasteiger charge is -2.17. The van der Waals surface area contributed by atoms with Crippen LogP contribution in [0.25, 0.3) is 5.82 Å². The highest BCUT2D eigenvalue weighted by atomic mass is 127. The minimum absolute atomic E-state index is 0.445. The molecule has 3 rings (SSSR count). The van der Waals surface area contributed by atoms with Crippen molar-refractivity contribution in [1.29, 1.82) is 0 Å². The summed E-state index contributed by atoms with van der Waals surface area (Å²) in [5.41, 5.74) is 8.13. The number of nitrogens with zero attached hydrogens (tertiary/aromatic N) is 3. The molecule has 1 aliphatic rings. The fourth-order valence-corrected chi connectivity index (χ4v) is 2.78. The molecular weight excluding hydrogens is 355 g/mol. The van der Waals surface area contributed by atoms with Crippen molar-refractivity contribution in [2.24, 2.45) is 5.73 Å². The van der Waals surface area contributed by atoms with Crippen molar-refractivity contribution in [2.75, 3.05) is 0 Å². The van der Waals surface area contributed by atoms with Crippen molar-refractivity contribution < 1.29 is 4.79 Å². The van der Waals surface area contributed by atoms with Crippen molar-refractivity contribution in [3.8, 4) is 5.82 Å². The summed E-state index contributed by atoms with van der Waals surface area (Å²) in [4.78, 5) is 16.2. The second kappa shape index (κ2) is 4.92. The number of amides is 1. The molecule has 5 nitrogen and oxygen atoms in total. The van der Waals surface area contributed by atoms with Crippen molar-refractivity contribution in [2.45, 2.75) is 25.7 Å². The van der Waals surface area contributed by atoms with Crippen LogP contribution < -0.4 is 5.73 Å². The number of aromatic nitrogens is 3. The van der Waals surface area contributed by atoms with Gasteiger partial charge < -0.3 is 5.73 Å². The fourth-order valence-electron chi connectivity index (χ4n) is 2.40. The van der Waals surface area contributed by atoms with Gasteiger partial charge in [-0.25, -0.2) is 9.67 Å². The van der Waals surface area contributed by atoms with E-state index in [1.54, 1.807) is 10.9 Å². The number of aryl methyl sites for hydroxylation is 2. The number of hydrogen-bond donors (Lipinski definition) is 1. The maximum absolute atomic E-state index is 11.6. The van der Waals surface area contributed by atoms with Crippen LogP contribution in [0.3, 0.4) is 0 Å². The van der Waals surface area contributed by atoms with Gasteiger partial charge in [0, 0.05) is 11.9 Å². The van der Waals surface area contributed by atoms with Crippen LogP contribution in [0.15, 0.2) is 18.5 Å². The van der Waals surface area contributed by atoms with E-state index >= 15 is 0 Å². The molecule has 2 aromatic rings. The number of nitrogens with two attached hydrogens (primary N) is 1. The largest absolute Gasteiger partial charge is 0.365 e. The van der Waals surface area contributed by atoms with Gasteiger partial charge in [0.05, 0.1) is 15.3 Å². The van der Waals surface area contributed by atoms with Crippen LogP contribution in [0.4, 0.5) is 0 Å². The Morgan fingerprint density at radius 3 is 2.84 bits per heavy atom. The molecule has 19 heavy (non-hydrogen) atoms. The van der Waals surface area contributed by atoms with E-state index in [1.807, 2.05) is 12.3 Å². The first-order valence-corrected chi connectivity index (χ1v) is 7.26. The molecule has 98 valence electrons. The molecule has 0 radical (unpaired) electrons. The van der Waals surface area contributed by atoms with E-state index in [2.05, 4.69) is 32.7 Å². The zero-order chi connectivity index (χ0) is 13.4. The molecule has 2 N–H and O–H groups in total. The van der Waals surface area contributed by atoms with E-state index in [0.717, 1.165) is 40.5 Å². The molecule has 0 unspecified atom stereocenters. The lowest BCUT2D eigenvalue weighted by molar-refractivity contribution is 0.0999. The zero-order valence-electron chi connectivity index (χ0n) is 10.3. The van der Waals surface area contributed by atoms with Gasteiger partial charge in [0.15, 0.2) is 5.82 Å². The molecule has 0 saturated carbocycles. The number of fused-ring (bicyclic) bond motifs is 1. The summed E-state index contributed by atoms with van der Waals surface area (Å²) in [5, 5.41) is 4.22. The van der Waals surface area contributed by atoms with Gasteiger partial charge in [0.25, 0.3) is 5.91 Å². The Morgan fingerprint density at radius 1 is 1.37 bits per heavy atom. The predicted molar refractivity (Wildman–Crippen MR) is 79.2 cm³/mol. The summed E-state index contributed by atoms with van der Waals surface area (Å²) in [5.74, 6) is 0.0810. The van der Waals surface area contributed by atoms with Crippen molar-refractivity contribution in [1.82, 2.24) is 14.8 Å². The van der Waals surface area contributed by atoms with E-state index in [0.29, 0.717) is 11.4 Å². The third-order valence-corrected chi connectivity index (χ3v) is 3.87. The molecule has 0 fully saturated rings. The Labute approximate surface area is 124 Å². The molecule has 0 saturated heterocycles. The molecule has 0 spiro atoms. The highest BCUT2D eigenvalue weighted by Gasteiger charge is 2.19. The normalized spacial score (nSPS) is 14.2. The first-order chi connectivity index (χ1) is 9.15. The molecule has 2 heterocycles. The van der Waals surface area contributed by atoms with Gasteiger partial charge in [0.1, 0.15) is 0 Å². The Bertz CT molecular complexity index is 650. The molecule has 1 aliphatic carbocycles. The molecule has 0 bridgehead atoms. The molecule has 6 heteroatoms. The van der Waals surface area contributed by atoms with E-state index in [4.69, 9.17) is 5.73 Å². The number of halogens is 1. The van der Waals surface area contributed by atoms with Crippen LogP contribution in [0.5, 0.6) is 0 Å². The Kier molecular flexibility index (Phi) is 3.26. The average Bonchev–Trinajstić information content (AvgIpc) is 2.83. The van der Waals surface area contributed by atoms with E-state index in [1.165, 1.54) is 0 Å².